The summed E-state index contributed by atoms with van der Waals surface area (Å²) in [6, 6.07) is 6.13. The van der Waals surface area contributed by atoms with Gasteiger partial charge in [-0.1, -0.05) is 19.9 Å². The molecule has 6 nitrogen and oxygen atoms in total. The zero-order valence-electron chi connectivity index (χ0n) is 12.6. The number of benzene rings is 1. The number of carbonyl (C=O) groups is 1. The fraction of sp³-hybridized carbons (Fsp3) is 0.500. The molecule has 4 N–H and O–H groups in total. The molecular formula is C14H23N3O3S. The second-order valence-electron chi connectivity index (χ2n) is 4.88. The van der Waals surface area contributed by atoms with Crippen molar-refractivity contribution >= 4 is 21.6 Å². The van der Waals surface area contributed by atoms with Gasteiger partial charge in [0.1, 0.15) is 0 Å². The molecule has 0 aliphatic heterocycles. The normalized spacial score (nSPS) is 12.2. The lowest BCUT2D eigenvalue weighted by Gasteiger charge is -2.28. The van der Waals surface area contributed by atoms with E-state index in [9.17, 15) is 13.2 Å². The number of nitrogens with one attached hydrogen (secondary N) is 2. The van der Waals surface area contributed by atoms with Crippen LogP contribution in [-0.4, -0.2) is 27.9 Å². The fourth-order valence-corrected chi connectivity index (χ4v) is 2.85. The second-order valence-corrected chi connectivity index (χ2v) is 6.77. The molecule has 0 heterocycles. The largest absolute Gasteiger partial charge is 0.329 e. The highest BCUT2D eigenvalue weighted by Gasteiger charge is 2.33. The molecule has 0 spiro atoms. The highest BCUT2D eigenvalue weighted by molar-refractivity contribution is 7.89. The lowest BCUT2D eigenvalue weighted by Crippen LogP contribution is -2.41. The number of carbonyl (C=O) groups excluding carboxylic acids is 1. The highest BCUT2D eigenvalue weighted by atomic mass is 32.2. The van der Waals surface area contributed by atoms with Gasteiger partial charge in [0.15, 0.2) is 0 Å². The zero-order chi connectivity index (χ0) is 16.1. The number of sulfonamides is 1. The molecule has 1 aromatic carbocycles. The van der Waals surface area contributed by atoms with E-state index in [2.05, 4.69) is 10.0 Å². The average molecular weight is 313 g/mol. The zero-order valence-corrected chi connectivity index (χ0v) is 13.5. The van der Waals surface area contributed by atoms with Gasteiger partial charge in [-0.05, 0) is 38.1 Å². The SMILES string of the molecule is CCC(CC)(CN)C(=O)Nc1cccc(S(=O)(=O)NC)c1. The molecule has 21 heavy (non-hydrogen) atoms. The molecule has 1 rings (SSSR count). The summed E-state index contributed by atoms with van der Waals surface area (Å²) in [6.45, 7) is 4.08. The van der Waals surface area contributed by atoms with Crippen LogP contribution in [0.1, 0.15) is 26.7 Å². The maximum atomic E-state index is 12.4. The molecule has 0 atom stereocenters. The number of hydrogen-bond acceptors (Lipinski definition) is 4. The Morgan fingerprint density at radius 2 is 1.90 bits per heavy atom. The molecule has 0 aliphatic rings. The lowest BCUT2D eigenvalue weighted by atomic mass is 9.81. The van der Waals surface area contributed by atoms with Crippen molar-refractivity contribution in [1.29, 1.82) is 0 Å². The van der Waals surface area contributed by atoms with Crippen LogP contribution in [0.2, 0.25) is 0 Å². The summed E-state index contributed by atoms with van der Waals surface area (Å²) in [5.74, 6) is -0.186. The summed E-state index contributed by atoms with van der Waals surface area (Å²) in [4.78, 5) is 12.5. The Kier molecular flexibility index (Phi) is 5.88. The van der Waals surface area contributed by atoms with E-state index in [1.807, 2.05) is 13.8 Å². The van der Waals surface area contributed by atoms with Gasteiger partial charge >= 0.3 is 0 Å². The maximum Gasteiger partial charge on any atom is 0.240 e. The van der Waals surface area contributed by atoms with Crippen LogP contribution in [0.3, 0.4) is 0 Å². The fourth-order valence-electron chi connectivity index (χ4n) is 2.08. The third kappa shape index (κ3) is 3.81. The van der Waals surface area contributed by atoms with Crippen molar-refractivity contribution in [1.82, 2.24) is 4.72 Å². The van der Waals surface area contributed by atoms with Crippen LogP contribution in [-0.2, 0) is 14.8 Å². The molecule has 1 aromatic rings. The van der Waals surface area contributed by atoms with Crippen LogP contribution in [0, 0.1) is 5.41 Å². The van der Waals surface area contributed by atoms with Gasteiger partial charge < -0.3 is 11.1 Å². The molecule has 118 valence electrons. The minimum atomic E-state index is -3.53. The number of anilines is 1. The third-order valence-electron chi connectivity index (χ3n) is 3.90. The van der Waals surface area contributed by atoms with Crippen molar-refractivity contribution in [3.05, 3.63) is 24.3 Å². The van der Waals surface area contributed by atoms with E-state index in [-0.39, 0.29) is 17.3 Å². The topological polar surface area (TPSA) is 101 Å². The van der Waals surface area contributed by atoms with Gasteiger partial charge in [-0.3, -0.25) is 4.79 Å². The summed E-state index contributed by atoms with van der Waals surface area (Å²) in [6.07, 6.45) is 1.25. The van der Waals surface area contributed by atoms with Gasteiger partial charge in [-0.15, -0.1) is 0 Å². The molecule has 1 amide bonds. The van der Waals surface area contributed by atoms with E-state index in [0.29, 0.717) is 18.5 Å². The van der Waals surface area contributed by atoms with Crippen LogP contribution in [0.25, 0.3) is 0 Å². The van der Waals surface area contributed by atoms with E-state index in [0.717, 1.165) is 0 Å². The molecule has 0 aromatic heterocycles. The molecule has 0 saturated carbocycles. The standard InChI is InChI=1S/C14H23N3O3S/c1-4-14(5-2,10-15)13(18)17-11-7-6-8-12(9-11)21(19,20)16-3/h6-9,16H,4-5,10,15H2,1-3H3,(H,17,18). The van der Waals surface area contributed by atoms with E-state index >= 15 is 0 Å². The molecular weight excluding hydrogens is 290 g/mol. The summed E-state index contributed by atoms with van der Waals surface area (Å²) in [5.41, 5.74) is 5.55. The minimum absolute atomic E-state index is 0.106. The van der Waals surface area contributed by atoms with Crippen molar-refractivity contribution in [2.45, 2.75) is 31.6 Å². The van der Waals surface area contributed by atoms with Gasteiger partial charge in [0.2, 0.25) is 15.9 Å². The second kappa shape index (κ2) is 7.02. The predicted octanol–water partition coefficient (Wildman–Crippen LogP) is 1.30. The van der Waals surface area contributed by atoms with E-state index in [1.165, 1.54) is 19.2 Å². The first-order valence-electron chi connectivity index (χ1n) is 6.90. The maximum absolute atomic E-state index is 12.4. The highest BCUT2D eigenvalue weighted by Crippen LogP contribution is 2.27. The number of hydrogen-bond donors (Lipinski definition) is 3. The van der Waals surface area contributed by atoms with E-state index < -0.39 is 15.4 Å². The number of nitrogens with two attached hydrogens (primary N) is 1. The smallest absolute Gasteiger partial charge is 0.240 e. The molecule has 0 saturated heterocycles. The first kappa shape index (κ1) is 17.6. The summed E-state index contributed by atoms with van der Waals surface area (Å²) < 4.78 is 25.8. The molecule has 0 aliphatic carbocycles. The third-order valence-corrected chi connectivity index (χ3v) is 5.31. The molecule has 0 bridgehead atoms. The Hall–Kier alpha value is -1.44. The quantitative estimate of drug-likeness (QED) is 0.706. The summed E-state index contributed by atoms with van der Waals surface area (Å²) in [7, 11) is -2.19. The Morgan fingerprint density at radius 1 is 1.29 bits per heavy atom. The monoisotopic (exact) mass is 313 g/mol. The molecule has 0 unspecified atom stereocenters. The summed E-state index contributed by atoms with van der Waals surface area (Å²) >= 11 is 0. The number of amides is 1. The van der Waals surface area contributed by atoms with Gasteiger partial charge in [0.25, 0.3) is 0 Å². The van der Waals surface area contributed by atoms with Gasteiger partial charge in [-0.2, -0.15) is 0 Å². The van der Waals surface area contributed by atoms with Crippen LogP contribution in [0.5, 0.6) is 0 Å². The van der Waals surface area contributed by atoms with Gasteiger partial charge in [0.05, 0.1) is 10.3 Å². The van der Waals surface area contributed by atoms with Crippen molar-refractivity contribution in [2.75, 3.05) is 18.9 Å². The average Bonchev–Trinajstić information content (AvgIpc) is 2.50. The first-order chi connectivity index (χ1) is 9.85. The van der Waals surface area contributed by atoms with Crippen LogP contribution in [0.4, 0.5) is 5.69 Å². The predicted molar refractivity (Wildman–Crippen MR) is 83.4 cm³/mol. The van der Waals surface area contributed by atoms with Crippen LogP contribution >= 0.6 is 0 Å². The van der Waals surface area contributed by atoms with Crippen LogP contribution < -0.4 is 15.8 Å². The Bertz CT molecular complexity index is 587. The van der Waals surface area contributed by atoms with E-state index in [4.69, 9.17) is 5.73 Å². The Labute approximate surface area is 126 Å². The van der Waals surface area contributed by atoms with Crippen LogP contribution in [0.15, 0.2) is 29.2 Å². The molecule has 0 radical (unpaired) electrons. The Balaban J connectivity index is 3.04. The minimum Gasteiger partial charge on any atom is -0.329 e. The van der Waals surface area contributed by atoms with Crippen molar-refractivity contribution in [3.8, 4) is 0 Å². The Morgan fingerprint density at radius 3 is 2.38 bits per heavy atom. The first-order valence-corrected chi connectivity index (χ1v) is 8.38. The van der Waals surface area contributed by atoms with Crippen molar-refractivity contribution < 1.29 is 13.2 Å². The molecule has 7 heteroatoms. The molecule has 0 fully saturated rings. The van der Waals surface area contributed by atoms with Gasteiger partial charge in [-0.25, -0.2) is 13.1 Å². The van der Waals surface area contributed by atoms with Crippen molar-refractivity contribution in [3.63, 3.8) is 0 Å². The lowest BCUT2D eigenvalue weighted by molar-refractivity contribution is -0.125. The van der Waals surface area contributed by atoms with Crippen molar-refractivity contribution in [2.24, 2.45) is 11.1 Å². The van der Waals surface area contributed by atoms with E-state index in [1.54, 1.807) is 12.1 Å². The number of rotatable bonds is 7. The summed E-state index contributed by atoms with van der Waals surface area (Å²) in [5, 5.41) is 2.76. The van der Waals surface area contributed by atoms with Gasteiger partial charge in [0, 0.05) is 12.2 Å².